The van der Waals surface area contributed by atoms with E-state index < -0.39 is 6.23 Å². The highest BCUT2D eigenvalue weighted by Crippen LogP contribution is 2.26. The van der Waals surface area contributed by atoms with Crippen molar-refractivity contribution in [3.63, 3.8) is 0 Å². The van der Waals surface area contributed by atoms with Gasteiger partial charge in [0.1, 0.15) is 11.5 Å². The van der Waals surface area contributed by atoms with Crippen molar-refractivity contribution in [1.29, 1.82) is 0 Å². The molecule has 0 aromatic carbocycles. The molecule has 0 saturated heterocycles. The molecule has 5 heteroatoms. The van der Waals surface area contributed by atoms with Crippen LogP contribution in [0.4, 0.5) is 0 Å². The van der Waals surface area contributed by atoms with Crippen LogP contribution in [0.15, 0.2) is 12.1 Å². The molecule has 0 aliphatic carbocycles. The lowest BCUT2D eigenvalue weighted by atomic mass is 10.1. The van der Waals surface area contributed by atoms with Gasteiger partial charge in [-0.25, -0.2) is 4.98 Å². The van der Waals surface area contributed by atoms with Gasteiger partial charge in [-0.05, 0) is 20.8 Å². The van der Waals surface area contributed by atoms with Crippen molar-refractivity contribution >= 4 is 6.08 Å². The predicted molar refractivity (Wildman–Crippen MR) is 57.5 cm³/mol. The first-order chi connectivity index (χ1) is 6.89. The summed E-state index contributed by atoms with van der Waals surface area (Å²) in [5.41, 5.74) is 7.08. The van der Waals surface area contributed by atoms with Crippen LogP contribution in [0.2, 0.25) is 0 Å². The third-order valence-electron chi connectivity index (χ3n) is 2.41. The summed E-state index contributed by atoms with van der Waals surface area (Å²) in [7, 11) is 0. The molecular weight excluding hydrogens is 192 g/mol. The van der Waals surface area contributed by atoms with Crippen LogP contribution in [0.25, 0.3) is 6.08 Å². The van der Waals surface area contributed by atoms with Crippen LogP contribution >= 0.6 is 0 Å². The molecule has 0 amide bonds. The second-order valence-corrected chi connectivity index (χ2v) is 4.70. The minimum absolute atomic E-state index is 0.0750. The maximum atomic E-state index is 9.70. The maximum Gasteiger partial charge on any atom is 0.171 e. The average molecular weight is 208 g/mol. The van der Waals surface area contributed by atoms with Gasteiger partial charge in [-0.3, -0.25) is 0 Å². The van der Waals surface area contributed by atoms with Gasteiger partial charge in [0, 0.05) is 11.6 Å². The highest BCUT2D eigenvalue weighted by atomic mass is 16.3. The van der Waals surface area contributed by atoms with Crippen molar-refractivity contribution in [3.8, 4) is 0 Å². The summed E-state index contributed by atoms with van der Waals surface area (Å²) in [6.07, 6.45) is 2.71. The van der Waals surface area contributed by atoms with Gasteiger partial charge in [0.2, 0.25) is 0 Å². The lowest BCUT2D eigenvalue weighted by Crippen LogP contribution is -2.31. The maximum absolute atomic E-state index is 9.70. The van der Waals surface area contributed by atoms with Gasteiger partial charge in [-0.1, -0.05) is 0 Å². The molecule has 1 aliphatic heterocycles. The van der Waals surface area contributed by atoms with Crippen LogP contribution in [-0.2, 0) is 5.54 Å². The molecule has 1 unspecified atom stereocenters. The van der Waals surface area contributed by atoms with E-state index in [2.05, 4.69) is 31.1 Å². The molecule has 0 bridgehead atoms. The van der Waals surface area contributed by atoms with Crippen molar-refractivity contribution in [2.24, 2.45) is 5.73 Å². The Morgan fingerprint density at radius 3 is 2.80 bits per heavy atom. The summed E-state index contributed by atoms with van der Waals surface area (Å²) < 4.78 is 2.00. The number of nitrogens with one attached hydrogen (secondary N) is 1. The molecule has 1 atom stereocenters. The van der Waals surface area contributed by atoms with Gasteiger partial charge in [-0.15, -0.1) is 0 Å². The molecule has 5 nitrogen and oxygen atoms in total. The number of hydrogen-bond acceptors (Lipinski definition) is 4. The predicted octanol–water partition coefficient (Wildman–Crippen LogP) is 0.489. The third kappa shape index (κ3) is 1.59. The van der Waals surface area contributed by atoms with Crippen molar-refractivity contribution in [2.75, 3.05) is 0 Å². The molecule has 4 N–H and O–H groups in total. The number of imidazole rings is 1. The van der Waals surface area contributed by atoms with E-state index >= 15 is 0 Å². The summed E-state index contributed by atoms with van der Waals surface area (Å²) >= 11 is 0. The largest absolute Gasteiger partial charge is 0.385 e. The summed E-state index contributed by atoms with van der Waals surface area (Å²) in [4.78, 5) is 4.19. The SMILES string of the molecule is CC(C)(C)n1cnc2c1C=C(N)NC2O. The van der Waals surface area contributed by atoms with E-state index in [-0.39, 0.29) is 5.54 Å². The highest BCUT2D eigenvalue weighted by Gasteiger charge is 2.25. The molecule has 0 spiro atoms. The molecule has 15 heavy (non-hydrogen) atoms. The fourth-order valence-corrected chi connectivity index (χ4v) is 1.68. The molecule has 0 saturated carbocycles. The van der Waals surface area contributed by atoms with Gasteiger partial charge in [0.05, 0.1) is 12.0 Å². The molecule has 1 aromatic heterocycles. The molecule has 2 heterocycles. The first-order valence-electron chi connectivity index (χ1n) is 4.89. The second-order valence-electron chi connectivity index (χ2n) is 4.70. The number of aliphatic hydroxyl groups excluding tert-OH is 1. The van der Waals surface area contributed by atoms with Crippen LogP contribution in [0, 0.1) is 0 Å². The number of aliphatic hydroxyl groups is 1. The average Bonchev–Trinajstić information content (AvgIpc) is 2.45. The first kappa shape index (κ1) is 10.0. The Hall–Kier alpha value is -1.49. The fraction of sp³-hybridized carbons (Fsp3) is 0.500. The lowest BCUT2D eigenvalue weighted by Gasteiger charge is -2.25. The Kier molecular flexibility index (Phi) is 2.01. The smallest absolute Gasteiger partial charge is 0.171 e. The van der Waals surface area contributed by atoms with Crippen molar-refractivity contribution in [1.82, 2.24) is 14.9 Å². The summed E-state index contributed by atoms with van der Waals surface area (Å²) in [6.45, 7) is 6.23. The Morgan fingerprint density at radius 2 is 2.20 bits per heavy atom. The molecule has 1 aliphatic rings. The monoisotopic (exact) mass is 208 g/mol. The zero-order chi connectivity index (χ0) is 11.2. The van der Waals surface area contributed by atoms with Gasteiger partial charge >= 0.3 is 0 Å². The normalized spacial score (nSPS) is 20.5. The van der Waals surface area contributed by atoms with E-state index in [1.165, 1.54) is 0 Å². The van der Waals surface area contributed by atoms with E-state index in [9.17, 15) is 5.11 Å². The van der Waals surface area contributed by atoms with Crippen molar-refractivity contribution in [2.45, 2.75) is 32.5 Å². The molecule has 1 aromatic rings. The molecule has 2 rings (SSSR count). The quantitative estimate of drug-likeness (QED) is 0.580. The molecule has 0 fully saturated rings. The van der Waals surface area contributed by atoms with E-state index in [4.69, 9.17) is 5.73 Å². The zero-order valence-electron chi connectivity index (χ0n) is 9.15. The first-order valence-corrected chi connectivity index (χ1v) is 4.89. The fourth-order valence-electron chi connectivity index (χ4n) is 1.68. The van der Waals surface area contributed by atoms with Gasteiger partial charge in [0.25, 0.3) is 0 Å². The Morgan fingerprint density at radius 1 is 1.53 bits per heavy atom. The second kappa shape index (κ2) is 3.00. The number of aromatic nitrogens is 2. The van der Waals surface area contributed by atoms with E-state index in [0.29, 0.717) is 11.5 Å². The number of hydrogen-bond donors (Lipinski definition) is 3. The number of nitrogens with zero attached hydrogens (tertiary/aromatic N) is 2. The number of fused-ring (bicyclic) bond motifs is 1. The lowest BCUT2D eigenvalue weighted by molar-refractivity contribution is 0.144. The van der Waals surface area contributed by atoms with Crippen LogP contribution in [0.5, 0.6) is 0 Å². The van der Waals surface area contributed by atoms with Crippen LogP contribution in [0.3, 0.4) is 0 Å². The minimum Gasteiger partial charge on any atom is -0.385 e. The summed E-state index contributed by atoms with van der Waals surface area (Å²) in [6, 6.07) is 0. The highest BCUT2D eigenvalue weighted by molar-refractivity contribution is 5.54. The van der Waals surface area contributed by atoms with Crippen LogP contribution in [-0.4, -0.2) is 14.7 Å². The van der Waals surface area contributed by atoms with Crippen molar-refractivity contribution < 1.29 is 5.11 Å². The third-order valence-corrected chi connectivity index (χ3v) is 2.41. The van der Waals surface area contributed by atoms with E-state index in [1.54, 1.807) is 12.4 Å². The van der Waals surface area contributed by atoms with Gasteiger partial charge < -0.3 is 20.7 Å². The van der Waals surface area contributed by atoms with Gasteiger partial charge in [-0.2, -0.15) is 0 Å². The molecular formula is C10H16N4O. The molecule has 0 radical (unpaired) electrons. The topological polar surface area (TPSA) is 76.1 Å². The summed E-state index contributed by atoms with van der Waals surface area (Å²) in [5, 5.41) is 12.4. The minimum atomic E-state index is -0.811. The Balaban J connectivity index is 2.57. The number of rotatable bonds is 0. The zero-order valence-corrected chi connectivity index (χ0v) is 9.15. The summed E-state index contributed by atoms with van der Waals surface area (Å²) in [5.74, 6) is 0.459. The van der Waals surface area contributed by atoms with E-state index in [0.717, 1.165) is 5.69 Å². The van der Waals surface area contributed by atoms with Crippen molar-refractivity contribution in [3.05, 3.63) is 23.5 Å². The van der Waals surface area contributed by atoms with E-state index in [1.807, 2.05) is 4.57 Å². The Labute approximate surface area is 88.6 Å². The van der Waals surface area contributed by atoms with Crippen LogP contribution < -0.4 is 11.1 Å². The Bertz CT molecular complexity index is 414. The van der Waals surface area contributed by atoms with Crippen LogP contribution in [0.1, 0.15) is 38.4 Å². The number of nitrogens with two attached hydrogens (primary N) is 1. The molecule has 82 valence electrons. The standard InChI is InChI=1S/C10H16N4O/c1-10(2,3)14-5-12-8-6(14)4-7(11)13-9(8)15/h4-5,9,13,15H,11H2,1-3H3. The van der Waals surface area contributed by atoms with Gasteiger partial charge in [0.15, 0.2) is 6.23 Å².